The minimum atomic E-state index is -0.906. The largest absolute Gasteiger partial charge is 0.489 e. The third kappa shape index (κ3) is 1.31. The molecule has 16 heavy (non-hydrogen) atoms. The number of ether oxygens (including phenoxy) is 1. The third-order valence-electron chi connectivity index (χ3n) is 3.13. The summed E-state index contributed by atoms with van der Waals surface area (Å²) < 4.78 is 32.5. The average molecular weight is 226 g/mol. The molecule has 0 saturated carbocycles. The molecule has 0 bridgehead atoms. The highest BCUT2D eigenvalue weighted by Gasteiger charge is 2.38. The Labute approximate surface area is 91.8 Å². The van der Waals surface area contributed by atoms with E-state index in [1.165, 1.54) is 6.07 Å². The molecule has 0 aromatic heterocycles. The van der Waals surface area contributed by atoms with E-state index in [4.69, 9.17) is 10.5 Å². The Kier molecular flexibility index (Phi) is 1.96. The number of hydrogen-bond acceptors (Lipinski definition) is 3. The Morgan fingerprint density at radius 2 is 2.25 bits per heavy atom. The molecule has 2 heterocycles. The Morgan fingerprint density at radius 1 is 1.44 bits per heavy atom. The van der Waals surface area contributed by atoms with Crippen LogP contribution in [0, 0.1) is 5.82 Å². The van der Waals surface area contributed by atoms with Gasteiger partial charge in [0, 0.05) is 24.7 Å². The number of rotatable bonds is 0. The van der Waals surface area contributed by atoms with Crippen LogP contribution < -0.4 is 15.4 Å². The minimum Gasteiger partial charge on any atom is -0.489 e. The lowest BCUT2D eigenvalue weighted by atomic mass is 10.1. The first kappa shape index (κ1) is 9.69. The van der Waals surface area contributed by atoms with Crippen molar-refractivity contribution in [1.29, 1.82) is 0 Å². The van der Waals surface area contributed by atoms with Crippen molar-refractivity contribution in [1.82, 2.24) is 0 Å². The first-order chi connectivity index (χ1) is 7.65. The van der Waals surface area contributed by atoms with E-state index in [0.717, 1.165) is 0 Å². The standard InChI is InChI=1S/C11H12F2N2O/c12-6-1-8-5-16-10-3-7(14)2-9(13)11(10)15(8)4-6/h2-3,6,8H,1,4-5,14H2/t6-,8-/m0/s1. The molecule has 2 N–H and O–H groups in total. The number of halogens is 2. The fourth-order valence-electron chi connectivity index (χ4n) is 2.46. The van der Waals surface area contributed by atoms with Gasteiger partial charge in [-0.25, -0.2) is 8.78 Å². The number of alkyl halides is 1. The highest BCUT2D eigenvalue weighted by molar-refractivity contribution is 5.67. The van der Waals surface area contributed by atoms with Crippen LogP contribution in [0.15, 0.2) is 12.1 Å². The summed E-state index contributed by atoms with van der Waals surface area (Å²) in [5, 5.41) is 0. The van der Waals surface area contributed by atoms with Crippen molar-refractivity contribution < 1.29 is 13.5 Å². The van der Waals surface area contributed by atoms with Gasteiger partial charge in [-0.15, -0.1) is 0 Å². The van der Waals surface area contributed by atoms with Crippen molar-refractivity contribution >= 4 is 11.4 Å². The molecule has 2 aliphatic heterocycles. The van der Waals surface area contributed by atoms with Gasteiger partial charge in [0.2, 0.25) is 0 Å². The van der Waals surface area contributed by atoms with Crippen LogP contribution in [0.2, 0.25) is 0 Å². The lowest BCUT2D eigenvalue weighted by Crippen LogP contribution is -2.38. The maximum absolute atomic E-state index is 13.8. The number of benzene rings is 1. The summed E-state index contributed by atoms with van der Waals surface area (Å²) in [7, 11) is 0. The monoisotopic (exact) mass is 226 g/mol. The van der Waals surface area contributed by atoms with Gasteiger partial charge in [0.1, 0.15) is 24.2 Å². The van der Waals surface area contributed by atoms with E-state index in [1.54, 1.807) is 11.0 Å². The van der Waals surface area contributed by atoms with Gasteiger partial charge in [-0.1, -0.05) is 0 Å². The quantitative estimate of drug-likeness (QED) is 0.684. The fourth-order valence-corrected chi connectivity index (χ4v) is 2.46. The molecule has 0 spiro atoms. The predicted octanol–water partition coefficient (Wildman–Crippen LogP) is 1.72. The Hall–Kier alpha value is -1.52. The molecule has 5 heteroatoms. The van der Waals surface area contributed by atoms with Gasteiger partial charge >= 0.3 is 0 Å². The number of nitrogen functional groups attached to an aromatic ring is 1. The highest BCUT2D eigenvalue weighted by atomic mass is 19.1. The number of hydrogen-bond donors (Lipinski definition) is 1. The van der Waals surface area contributed by atoms with Crippen LogP contribution >= 0.6 is 0 Å². The first-order valence-electron chi connectivity index (χ1n) is 5.27. The lowest BCUT2D eigenvalue weighted by molar-refractivity contribution is 0.261. The fraction of sp³-hybridized carbons (Fsp3) is 0.455. The second-order valence-electron chi connectivity index (χ2n) is 4.30. The summed E-state index contributed by atoms with van der Waals surface area (Å²) in [6.07, 6.45) is -0.500. The van der Waals surface area contributed by atoms with E-state index in [-0.39, 0.29) is 12.6 Å². The maximum atomic E-state index is 13.8. The van der Waals surface area contributed by atoms with E-state index < -0.39 is 12.0 Å². The molecule has 2 atom stereocenters. The van der Waals surface area contributed by atoms with Crippen molar-refractivity contribution in [3.8, 4) is 5.75 Å². The zero-order chi connectivity index (χ0) is 11.3. The molecule has 86 valence electrons. The normalized spacial score (nSPS) is 27.2. The van der Waals surface area contributed by atoms with Gasteiger partial charge in [0.25, 0.3) is 0 Å². The van der Waals surface area contributed by atoms with Gasteiger partial charge in [-0.2, -0.15) is 0 Å². The predicted molar refractivity (Wildman–Crippen MR) is 57.0 cm³/mol. The summed E-state index contributed by atoms with van der Waals surface area (Å²) in [4.78, 5) is 1.75. The summed E-state index contributed by atoms with van der Waals surface area (Å²) in [6, 6.07) is 2.77. The van der Waals surface area contributed by atoms with E-state index in [9.17, 15) is 8.78 Å². The Morgan fingerprint density at radius 3 is 3.06 bits per heavy atom. The lowest BCUT2D eigenvalue weighted by Gasteiger charge is -2.33. The molecule has 1 fully saturated rings. The van der Waals surface area contributed by atoms with E-state index >= 15 is 0 Å². The number of nitrogens with two attached hydrogens (primary N) is 1. The molecule has 0 radical (unpaired) electrons. The zero-order valence-corrected chi connectivity index (χ0v) is 8.62. The van der Waals surface area contributed by atoms with E-state index in [0.29, 0.717) is 30.2 Å². The molecule has 0 unspecified atom stereocenters. The zero-order valence-electron chi connectivity index (χ0n) is 8.62. The van der Waals surface area contributed by atoms with Crippen molar-refractivity contribution in [3.05, 3.63) is 17.9 Å². The van der Waals surface area contributed by atoms with Crippen LogP contribution in [0.4, 0.5) is 20.2 Å². The molecule has 3 nitrogen and oxygen atoms in total. The van der Waals surface area contributed by atoms with Crippen LogP contribution in [0.1, 0.15) is 6.42 Å². The van der Waals surface area contributed by atoms with E-state index in [2.05, 4.69) is 0 Å². The van der Waals surface area contributed by atoms with Gasteiger partial charge in [-0.05, 0) is 6.07 Å². The maximum Gasteiger partial charge on any atom is 0.152 e. The molecule has 2 aliphatic rings. The molecule has 0 aliphatic carbocycles. The SMILES string of the molecule is Nc1cc(F)c2c(c1)OC[C@@H]1C[C@H](F)CN21. The van der Waals surface area contributed by atoms with Crippen molar-refractivity contribution in [2.45, 2.75) is 18.6 Å². The molecule has 1 aromatic carbocycles. The van der Waals surface area contributed by atoms with E-state index in [1.807, 2.05) is 0 Å². The van der Waals surface area contributed by atoms with Crippen LogP contribution in [-0.2, 0) is 0 Å². The second-order valence-corrected chi connectivity index (χ2v) is 4.30. The average Bonchev–Trinajstić information content (AvgIpc) is 2.56. The minimum absolute atomic E-state index is 0.0550. The van der Waals surface area contributed by atoms with Crippen LogP contribution in [0.5, 0.6) is 5.75 Å². The molecule has 0 amide bonds. The van der Waals surface area contributed by atoms with Gasteiger partial charge in [0.05, 0.1) is 6.04 Å². The number of fused-ring (bicyclic) bond motifs is 3. The van der Waals surface area contributed by atoms with Gasteiger partial charge in [-0.3, -0.25) is 0 Å². The molecule has 1 saturated heterocycles. The Bertz CT molecular complexity index is 438. The molecule has 1 aromatic rings. The van der Waals surface area contributed by atoms with Crippen molar-refractivity contribution in [3.63, 3.8) is 0 Å². The van der Waals surface area contributed by atoms with Crippen molar-refractivity contribution in [2.75, 3.05) is 23.8 Å². The van der Waals surface area contributed by atoms with Crippen LogP contribution in [0.25, 0.3) is 0 Å². The molecular formula is C11H12F2N2O. The van der Waals surface area contributed by atoms with Crippen molar-refractivity contribution in [2.24, 2.45) is 0 Å². The summed E-state index contributed by atoms with van der Waals surface area (Å²) in [5.74, 6) is -0.0170. The topological polar surface area (TPSA) is 38.5 Å². The third-order valence-corrected chi connectivity index (χ3v) is 3.13. The van der Waals surface area contributed by atoms with Crippen LogP contribution in [-0.4, -0.2) is 25.4 Å². The molecule has 3 rings (SSSR count). The van der Waals surface area contributed by atoms with Gasteiger partial charge < -0.3 is 15.4 Å². The smallest absolute Gasteiger partial charge is 0.152 e. The Balaban J connectivity index is 2.08. The van der Waals surface area contributed by atoms with Gasteiger partial charge in [0.15, 0.2) is 5.82 Å². The highest BCUT2D eigenvalue weighted by Crippen LogP contribution is 2.41. The second kappa shape index (κ2) is 3.23. The first-order valence-corrected chi connectivity index (χ1v) is 5.27. The summed E-state index contributed by atoms with van der Waals surface area (Å²) in [5.41, 5.74) is 6.21. The summed E-state index contributed by atoms with van der Waals surface area (Å²) >= 11 is 0. The number of nitrogens with zero attached hydrogens (tertiary/aromatic N) is 1. The molecular weight excluding hydrogens is 214 g/mol. The summed E-state index contributed by atoms with van der Waals surface area (Å²) in [6.45, 7) is 0.637. The number of anilines is 2. The van der Waals surface area contributed by atoms with Crippen LogP contribution in [0.3, 0.4) is 0 Å².